The molecular weight excluding hydrogens is 510 g/mol. The van der Waals surface area contributed by atoms with E-state index < -0.39 is 28.5 Å². The fraction of sp³-hybridized carbons (Fsp3) is 0.355. The molecular formula is C31H39N3O4S. The summed E-state index contributed by atoms with van der Waals surface area (Å²) in [4.78, 5) is 29.0. The Hall–Kier alpha value is -3.65. The van der Waals surface area contributed by atoms with Gasteiger partial charge in [-0.15, -0.1) is 0 Å². The molecule has 0 unspecified atom stereocenters. The van der Waals surface area contributed by atoms with E-state index in [-0.39, 0.29) is 18.4 Å². The Morgan fingerprint density at radius 3 is 1.92 bits per heavy atom. The maximum absolute atomic E-state index is 14.0. The summed E-state index contributed by atoms with van der Waals surface area (Å²) in [5, 5.41) is 2.94. The first kappa shape index (κ1) is 29.9. The molecule has 1 atom stereocenters. The lowest BCUT2D eigenvalue weighted by Gasteiger charge is -2.33. The van der Waals surface area contributed by atoms with E-state index in [1.165, 1.54) is 4.90 Å². The van der Waals surface area contributed by atoms with Gasteiger partial charge in [-0.2, -0.15) is 0 Å². The van der Waals surface area contributed by atoms with E-state index in [9.17, 15) is 18.0 Å². The highest BCUT2D eigenvalue weighted by Gasteiger charge is 2.32. The van der Waals surface area contributed by atoms with Crippen molar-refractivity contribution in [1.29, 1.82) is 0 Å². The summed E-state index contributed by atoms with van der Waals surface area (Å²) < 4.78 is 26.9. The van der Waals surface area contributed by atoms with E-state index in [0.717, 1.165) is 33.7 Å². The predicted molar refractivity (Wildman–Crippen MR) is 157 cm³/mol. The Balaban J connectivity index is 2.00. The minimum atomic E-state index is -3.79. The van der Waals surface area contributed by atoms with Crippen LogP contribution in [0.15, 0.2) is 84.9 Å². The summed E-state index contributed by atoms with van der Waals surface area (Å²) in [5.74, 6) is -0.434. The molecule has 1 N–H and O–H groups in total. The summed E-state index contributed by atoms with van der Waals surface area (Å²) in [6, 6.07) is 25.3. The second-order valence-electron chi connectivity index (χ2n) is 10.0. The maximum atomic E-state index is 14.0. The number of nitrogens with zero attached hydrogens (tertiary/aromatic N) is 2. The summed E-state index contributed by atoms with van der Waals surface area (Å²) in [5.41, 5.74) is 3.23. The van der Waals surface area contributed by atoms with Crippen LogP contribution in [-0.4, -0.2) is 50.5 Å². The summed E-state index contributed by atoms with van der Waals surface area (Å²) >= 11 is 0. The zero-order valence-corrected chi connectivity index (χ0v) is 24.0. The Bertz CT molecular complexity index is 1310. The van der Waals surface area contributed by atoms with Crippen molar-refractivity contribution in [1.82, 2.24) is 10.2 Å². The molecule has 39 heavy (non-hydrogen) atoms. The monoisotopic (exact) mass is 549 g/mol. The summed E-state index contributed by atoms with van der Waals surface area (Å²) in [6.07, 6.45) is 2.15. The fourth-order valence-electron chi connectivity index (χ4n) is 4.34. The Labute approximate surface area is 232 Å². The van der Waals surface area contributed by atoms with Gasteiger partial charge in [-0.05, 0) is 41.2 Å². The number of anilines is 1. The average molecular weight is 550 g/mol. The van der Waals surface area contributed by atoms with Gasteiger partial charge in [-0.25, -0.2) is 8.42 Å². The van der Waals surface area contributed by atoms with Gasteiger partial charge >= 0.3 is 0 Å². The molecule has 8 heteroatoms. The molecule has 0 spiro atoms. The third-order valence-electron chi connectivity index (χ3n) is 6.54. The first-order valence-electron chi connectivity index (χ1n) is 13.3. The van der Waals surface area contributed by atoms with Crippen LogP contribution in [0.1, 0.15) is 49.8 Å². The van der Waals surface area contributed by atoms with Crippen molar-refractivity contribution < 1.29 is 18.0 Å². The standard InChI is InChI=1S/C31H39N3O4S/c1-5-20-32-31(36)29(21-25-12-8-6-9-13-25)33(22-26-14-10-7-11-15-26)30(35)23-34(39(4,37)38)28-18-16-27(17-19-28)24(2)3/h6-19,24,29H,5,20-23H2,1-4H3,(H,32,36)/t29-/m0/s1. The lowest BCUT2D eigenvalue weighted by molar-refractivity contribution is -0.140. The fourth-order valence-corrected chi connectivity index (χ4v) is 5.19. The second kappa shape index (κ2) is 13.9. The zero-order chi connectivity index (χ0) is 28.4. The zero-order valence-electron chi connectivity index (χ0n) is 23.2. The van der Waals surface area contributed by atoms with Crippen LogP contribution in [0.4, 0.5) is 5.69 Å². The Morgan fingerprint density at radius 1 is 0.846 bits per heavy atom. The third-order valence-corrected chi connectivity index (χ3v) is 7.68. The summed E-state index contributed by atoms with van der Waals surface area (Å²) in [7, 11) is -3.79. The predicted octanol–water partition coefficient (Wildman–Crippen LogP) is 4.74. The highest BCUT2D eigenvalue weighted by atomic mass is 32.2. The van der Waals surface area contributed by atoms with Gasteiger partial charge in [0.2, 0.25) is 21.8 Å². The van der Waals surface area contributed by atoms with Crippen molar-refractivity contribution in [3.63, 3.8) is 0 Å². The SMILES string of the molecule is CCCNC(=O)[C@H](Cc1ccccc1)N(Cc1ccccc1)C(=O)CN(c1ccc(C(C)C)cc1)S(C)(=O)=O. The van der Waals surface area contributed by atoms with E-state index in [1.807, 2.05) is 79.7 Å². The molecule has 0 radical (unpaired) electrons. The normalized spacial score (nSPS) is 12.1. The molecule has 7 nitrogen and oxygen atoms in total. The van der Waals surface area contributed by atoms with Gasteiger partial charge in [0.25, 0.3) is 0 Å². The number of hydrogen-bond acceptors (Lipinski definition) is 4. The minimum Gasteiger partial charge on any atom is -0.354 e. The molecule has 0 bridgehead atoms. The van der Waals surface area contributed by atoms with Gasteiger partial charge in [0, 0.05) is 19.5 Å². The maximum Gasteiger partial charge on any atom is 0.244 e. The highest BCUT2D eigenvalue weighted by Crippen LogP contribution is 2.23. The number of amides is 2. The molecule has 208 valence electrons. The molecule has 0 aromatic heterocycles. The van der Waals surface area contributed by atoms with E-state index in [2.05, 4.69) is 19.2 Å². The van der Waals surface area contributed by atoms with Gasteiger partial charge in [0.15, 0.2) is 0 Å². The van der Waals surface area contributed by atoms with Crippen LogP contribution in [0.25, 0.3) is 0 Å². The van der Waals surface area contributed by atoms with E-state index in [4.69, 9.17) is 0 Å². The van der Waals surface area contributed by atoms with Crippen LogP contribution in [0.3, 0.4) is 0 Å². The van der Waals surface area contributed by atoms with E-state index in [1.54, 1.807) is 12.1 Å². The van der Waals surface area contributed by atoms with Crippen molar-refractivity contribution in [3.8, 4) is 0 Å². The Morgan fingerprint density at radius 2 is 1.41 bits per heavy atom. The first-order chi connectivity index (χ1) is 18.6. The van der Waals surface area contributed by atoms with Crippen LogP contribution in [0, 0.1) is 0 Å². The number of hydrogen-bond donors (Lipinski definition) is 1. The lowest BCUT2D eigenvalue weighted by Crippen LogP contribution is -2.53. The molecule has 0 saturated carbocycles. The molecule has 3 aromatic rings. The number of nitrogens with one attached hydrogen (secondary N) is 1. The van der Waals surface area contributed by atoms with Crippen LogP contribution in [0.5, 0.6) is 0 Å². The average Bonchev–Trinajstić information content (AvgIpc) is 2.92. The molecule has 2 amide bonds. The number of sulfonamides is 1. The van der Waals surface area contributed by atoms with Crippen molar-refractivity contribution in [2.45, 2.75) is 52.1 Å². The van der Waals surface area contributed by atoms with Crippen molar-refractivity contribution in [2.75, 3.05) is 23.7 Å². The molecule has 0 aliphatic rings. The molecule has 3 aromatic carbocycles. The lowest BCUT2D eigenvalue weighted by atomic mass is 10.0. The number of carbonyl (C=O) groups excluding carboxylic acids is 2. The first-order valence-corrected chi connectivity index (χ1v) is 15.2. The molecule has 0 aliphatic heterocycles. The number of carbonyl (C=O) groups is 2. The minimum absolute atomic E-state index is 0.167. The largest absolute Gasteiger partial charge is 0.354 e. The molecule has 0 fully saturated rings. The molecule has 0 aliphatic carbocycles. The number of rotatable bonds is 13. The quantitative estimate of drug-likeness (QED) is 0.334. The second-order valence-corrected chi connectivity index (χ2v) is 11.9. The van der Waals surface area contributed by atoms with E-state index >= 15 is 0 Å². The highest BCUT2D eigenvalue weighted by molar-refractivity contribution is 7.92. The van der Waals surface area contributed by atoms with Gasteiger partial charge in [-0.1, -0.05) is 93.6 Å². The van der Waals surface area contributed by atoms with Crippen LogP contribution in [-0.2, 0) is 32.6 Å². The smallest absolute Gasteiger partial charge is 0.244 e. The topological polar surface area (TPSA) is 86.8 Å². The van der Waals surface area contributed by atoms with Gasteiger partial charge < -0.3 is 10.2 Å². The van der Waals surface area contributed by atoms with E-state index in [0.29, 0.717) is 18.7 Å². The third kappa shape index (κ3) is 8.68. The van der Waals surface area contributed by atoms with Crippen molar-refractivity contribution in [3.05, 3.63) is 102 Å². The van der Waals surface area contributed by atoms with Crippen LogP contribution >= 0.6 is 0 Å². The molecule has 0 saturated heterocycles. The van der Waals surface area contributed by atoms with Crippen molar-refractivity contribution >= 4 is 27.5 Å². The Kier molecular flexibility index (Phi) is 10.7. The van der Waals surface area contributed by atoms with Gasteiger partial charge in [-0.3, -0.25) is 13.9 Å². The summed E-state index contributed by atoms with van der Waals surface area (Å²) in [6.45, 7) is 6.32. The molecule has 0 heterocycles. The number of benzene rings is 3. The van der Waals surface area contributed by atoms with Gasteiger partial charge in [0.05, 0.1) is 11.9 Å². The molecule has 3 rings (SSSR count). The van der Waals surface area contributed by atoms with Crippen LogP contribution < -0.4 is 9.62 Å². The van der Waals surface area contributed by atoms with Gasteiger partial charge in [0.1, 0.15) is 12.6 Å². The van der Waals surface area contributed by atoms with Crippen LogP contribution in [0.2, 0.25) is 0 Å². The van der Waals surface area contributed by atoms with Crippen molar-refractivity contribution in [2.24, 2.45) is 0 Å².